The van der Waals surface area contributed by atoms with Crippen molar-refractivity contribution in [2.75, 3.05) is 0 Å². The predicted molar refractivity (Wildman–Crippen MR) is 88.9 cm³/mol. The summed E-state index contributed by atoms with van der Waals surface area (Å²) in [5.41, 5.74) is 4.55. The zero-order valence-electron chi connectivity index (χ0n) is 13.2. The lowest BCUT2D eigenvalue weighted by Gasteiger charge is -2.20. The Morgan fingerprint density at radius 1 is 1.21 bits per heavy atom. The third kappa shape index (κ3) is 2.60. The maximum atomic E-state index is 12.4. The molecule has 0 fully saturated rings. The van der Waals surface area contributed by atoms with Gasteiger partial charge in [-0.15, -0.1) is 10.2 Å². The number of aromatic hydroxyl groups is 1. The molecule has 1 aromatic carbocycles. The van der Waals surface area contributed by atoms with Crippen LogP contribution < -0.4 is 5.32 Å². The third-order valence-electron chi connectivity index (χ3n) is 4.61. The summed E-state index contributed by atoms with van der Waals surface area (Å²) in [6.45, 7) is 0.327. The highest BCUT2D eigenvalue weighted by molar-refractivity contribution is 5.94. The summed E-state index contributed by atoms with van der Waals surface area (Å²) in [5, 5.41) is 20.8. The van der Waals surface area contributed by atoms with Gasteiger partial charge in [-0.05, 0) is 55.0 Å². The summed E-state index contributed by atoms with van der Waals surface area (Å²) in [4.78, 5) is 12.4. The zero-order chi connectivity index (χ0) is 16.5. The highest BCUT2D eigenvalue weighted by Gasteiger charge is 2.17. The largest absolute Gasteiger partial charge is 0.508 e. The molecule has 1 amide bonds. The highest BCUT2D eigenvalue weighted by Crippen LogP contribution is 2.30. The molecule has 6 heteroatoms. The molecule has 3 aromatic rings. The van der Waals surface area contributed by atoms with Gasteiger partial charge in [0, 0.05) is 18.3 Å². The van der Waals surface area contributed by atoms with Gasteiger partial charge in [0.25, 0.3) is 5.91 Å². The molecule has 0 spiro atoms. The fraction of sp³-hybridized carbons (Fsp3) is 0.278. The van der Waals surface area contributed by atoms with Crippen molar-refractivity contribution in [2.24, 2.45) is 0 Å². The Bertz CT molecular complexity index is 917. The second-order valence-electron chi connectivity index (χ2n) is 6.10. The molecule has 0 aliphatic heterocycles. The van der Waals surface area contributed by atoms with E-state index in [9.17, 15) is 9.90 Å². The summed E-state index contributed by atoms with van der Waals surface area (Å²) in [7, 11) is 0. The van der Waals surface area contributed by atoms with E-state index in [1.807, 2.05) is 6.07 Å². The number of nitrogens with one attached hydrogen (secondary N) is 1. The van der Waals surface area contributed by atoms with Gasteiger partial charge in [0.1, 0.15) is 12.1 Å². The van der Waals surface area contributed by atoms with Crippen LogP contribution in [0.1, 0.15) is 39.9 Å². The lowest BCUT2D eigenvalue weighted by Crippen LogP contribution is -2.24. The molecule has 1 aliphatic carbocycles. The Hall–Kier alpha value is -2.89. The molecule has 0 unspecified atom stereocenters. The smallest absolute Gasteiger partial charge is 0.253 e. The molecule has 24 heavy (non-hydrogen) atoms. The first-order chi connectivity index (χ1) is 11.7. The van der Waals surface area contributed by atoms with Crippen LogP contribution in [-0.4, -0.2) is 25.6 Å². The first kappa shape index (κ1) is 14.7. The molecule has 2 aromatic heterocycles. The van der Waals surface area contributed by atoms with Crippen LogP contribution in [0.2, 0.25) is 0 Å². The van der Waals surface area contributed by atoms with E-state index < -0.39 is 0 Å². The zero-order valence-corrected chi connectivity index (χ0v) is 13.2. The summed E-state index contributed by atoms with van der Waals surface area (Å²) < 4.78 is 1.71. The van der Waals surface area contributed by atoms with Crippen LogP contribution in [0.25, 0.3) is 5.65 Å². The Labute approximate surface area is 139 Å². The van der Waals surface area contributed by atoms with Crippen molar-refractivity contribution >= 4 is 11.6 Å². The number of amides is 1. The monoisotopic (exact) mass is 322 g/mol. The molecule has 122 valence electrons. The van der Waals surface area contributed by atoms with Gasteiger partial charge in [-0.1, -0.05) is 6.07 Å². The second-order valence-corrected chi connectivity index (χ2v) is 6.10. The quantitative estimate of drug-likeness (QED) is 0.775. The molecule has 2 heterocycles. The Morgan fingerprint density at radius 2 is 2.08 bits per heavy atom. The Balaban J connectivity index is 1.55. The van der Waals surface area contributed by atoms with Gasteiger partial charge in [-0.2, -0.15) is 0 Å². The number of aryl methyl sites for hydroxylation is 1. The minimum absolute atomic E-state index is 0.182. The molecule has 0 radical (unpaired) electrons. The van der Waals surface area contributed by atoms with Crippen LogP contribution in [0.5, 0.6) is 5.75 Å². The van der Waals surface area contributed by atoms with Gasteiger partial charge in [-0.3, -0.25) is 9.20 Å². The average Bonchev–Trinajstić information content (AvgIpc) is 3.08. The fourth-order valence-corrected chi connectivity index (χ4v) is 3.32. The molecular formula is C18H18N4O2. The lowest BCUT2D eigenvalue weighted by molar-refractivity contribution is 0.0950. The molecule has 0 saturated heterocycles. The molecule has 1 aliphatic rings. The molecule has 0 saturated carbocycles. The predicted octanol–water partition coefficient (Wildman–Crippen LogP) is 2.24. The topological polar surface area (TPSA) is 79.5 Å². The normalized spacial score (nSPS) is 13.7. The van der Waals surface area contributed by atoms with Gasteiger partial charge in [-0.25, -0.2) is 0 Å². The van der Waals surface area contributed by atoms with E-state index in [0.29, 0.717) is 17.8 Å². The van der Waals surface area contributed by atoms with E-state index in [0.717, 1.165) is 24.8 Å². The van der Waals surface area contributed by atoms with Crippen molar-refractivity contribution in [3.05, 3.63) is 59.0 Å². The number of fused-ring (bicyclic) bond motifs is 2. The van der Waals surface area contributed by atoms with Crippen molar-refractivity contribution in [3.63, 3.8) is 0 Å². The van der Waals surface area contributed by atoms with Crippen LogP contribution in [0, 0.1) is 0 Å². The molecular weight excluding hydrogens is 304 g/mol. The second kappa shape index (κ2) is 5.96. The number of rotatable bonds is 3. The molecule has 4 rings (SSSR count). The maximum Gasteiger partial charge on any atom is 0.253 e. The SMILES string of the molecule is O=C(NCc1c(O)ccc2c1CCCC2)c1ccc2nncn2c1. The summed E-state index contributed by atoms with van der Waals surface area (Å²) >= 11 is 0. The molecule has 2 N–H and O–H groups in total. The van der Waals surface area contributed by atoms with E-state index in [1.165, 1.54) is 17.5 Å². The number of pyridine rings is 1. The number of hydrogen-bond acceptors (Lipinski definition) is 4. The van der Waals surface area contributed by atoms with E-state index in [2.05, 4.69) is 15.5 Å². The van der Waals surface area contributed by atoms with E-state index in [-0.39, 0.29) is 11.7 Å². The maximum absolute atomic E-state index is 12.4. The summed E-state index contributed by atoms with van der Waals surface area (Å²) in [6.07, 6.45) is 7.57. The molecule has 0 atom stereocenters. The van der Waals surface area contributed by atoms with Crippen molar-refractivity contribution in [2.45, 2.75) is 32.2 Å². The number of benzene rings is 1. The number of nitrogens with zero attached hydrogens (tertiary/aromatic N) is 3. The van der Waals surface area contributed by atoms with Crippen LogP contribution in [0.15, 0.2) is 36.8 Å². The summed E-state index contributed by atoms with van der Waals surface area (Å²) in [6, 6.07) is 7.20. The van der Waals surface area contributed by atoms with Gasteiger partial charge in [0.05, 0.1) is 5.56 Å². The highest BCUT2D eigenvalue weighted by atomic mass is 16.3. The standard InChI is InChI=1S/C18H18N4O2/c23-16-7-5-12-3-1-2-4-14(12)15(16)9-19-18(24)13-6-8-17-21-20-11-22(17)10-13/h5-8,10-11,23H,1-4,9H2,(H,19,24). The van der Waals surface area contributed by atoms with Gasteiger partial charge in [0.2, 0.25) is 0 Å². The van der Waals surface area contributed by atoms with Gasteiger partial charge in [0.15, 0.2) is 5.65 Å². The first-order valence-corrected chi connectivity index (χ1v) is 8.12. The number of hydrogen-bond donors (Lipinski definition) is 2. The van der Waals surface area contributed by atoms with Crippen LogP contribution in [0.4, 0.5) is 0 Å². The summed E-state index contributed by atoms with van der Waals surface area (Å²) in [5.74, 6) is 0.0728. The average molecular weight is 322 g/mol. The lowest BCUT2D eigenvalue weighted by atomic mass is 9.87. The first-order valence-electron chi connectivity index (χ1n) is 8.12. The van der Waals surface area contributed by atoms with Gasteiger partial charge >= 0.3 is 0 Å². The van der Waals surface area contributed by atoms with E-state index >= 15 is 0 Å². The van der Waals surface area contributed by atoms with Crippen molar-refractivity contribution in [3.8, 4) is 5.75 Å². The number of carbonyl (C=O) groups excluding carboxylic acids is 1. The minimum atomic E-state index is -0.182. The Morgan fingerprint density at radius 3 is 3.00 bits per heavy atom. The molecule has 6 nitrogen and oxygen atoms in total. The third-order valence-corrected chi connectivity index (χ3v) is 4.61. The van der Waals surface area contributed by atoms with Crippen molar-refractivity contribution in [1.29, 1.82) is 0 Å². The van der Waals surface area contributed by atoms with Crippen LogP contribution in [0.3, 0.4) is 0 Å². The Kier molecular flexibility index (Phi) is 3.65. The number of phenolic OH excluding ortho intramolecular Hbond substituents is 1. The fourth-order valence-electron chi connectivity index (χ4n) is 3.32. The molecule has 0 bridgehead atoms. The number of phenols is 1. The van der Waals surface area contributed by atoms with E-state index in [4.69, 9.17) is 0 Å². The van der Waals surface area contributed by atoms with Crippen LogP contribution in [-0.2, 0) is 19.4 Å². The number of carbonyl (C=O) groups is 1. The number of aromatic nitrogens is 3. The minimum Gasteiger partial charge on any atom is -0.508 e. The van der Waals surface area contributed by atoms with Crippen LogP contribution >= 0.6 is 0 Å². The van der Waals surface area contributed by atoms with E-state index in [1.54, 1.807) is 35.1 Å². The van der Waals surface area contributed by atoms with Crippen molar-refractivity contribution < 1.29 is 9.90 Å². The van der Waals surface area contributed by atoms with Gasteiger partial charge < -0.3 is 10.4 Å². The van der Waals surface area contributed by atoms with Crippen molar-refractivity contribution in [1.82, 2.24) is 19.9 Å².